The number of amides is 2. The molecule has 3 N–H and O–H groups in total. The van der Waals surface area contributed by atoms with Gasteiger partial charge in [0.25, 0.3) is 11.8 Å². The van der Waals surface area contributed by atoms with Gasteiger partial charge in [-0.3, -0.25) is 9.59 Å². The van der Waals surface area contributed by atoms with Gasteiger partial charge in [-0.05, 0) is 58.2 Å². The van der Waals surface area contributed by atoms with Crippen LogP contribution in [-0.2, 0) is 4.79 Å². The average molecular weight is 494 g/mol. The molecule has 0 aromatic heterocycles. The van der Waals surface area contributed by atoms with Gasteiger partial charge in [0, 0.05) is 5.56 Å². The lowest BCUT2D eigenvalue weighted by molar-refractivity contribution is -0.119. The number of benzene rings is 2. The Morgan fingerprint density at radius 2 is 1.84 bits per heavy atom. The molecule has 0 bridgehead atoms. The highest BCUT2D eigenvalue weighted by molar-refractivity contribution is 9.10. The lowest BCUT2D eigenvalue weighted by atomic mass is 10.2. The zero-order valence-electron chi connectivity index (χ0n) is 17.4. The van der Waals surface area contributed by atoms with Crippen LogP contribution in [0.5, 0.6) is 23.0 Å². The Morgan fingerprint density at radius 3 is 2.48 bits per heavy atom. The second-order valence-corrected chi connectivity index (χ2v) is 7.06. The summed E-state index contributed by atoms with van der Waals surface area (Å²) in [5.74, 6) is 0.717. The van der Waals surface area contributed by atoms with Gasteiger partial charge in [0.2, 0.25) is 0 Å². The molecule has 0 atom stereocenters. The lowest BCUT2D eigenvalue weighted by Crippen LogP contribution is -2.20. The summed E-state index contributed by atoms with van der Waals surface area (Å²) < 4.78 is 22.0. The molecule has 9 nitrogen and oxygen atoms in total. The molecule has 2 rings (SSSR count). The molecule has 0 heterocycles. The Balaban J connectivity index is 2.10. The summed E-state index contributed by atoms with van der Waals surface area (Å²) in [6, 6.07) is 8.22. The van der Waals surface area contributed by atoms with Crippen LogP contribution in [0.4, 0.5) is 0 Å². The fraction of sp³-hybridized carbons (Fsp3) is 0.286. The number of ether oxygens (including phenoxy) is 4. The molecule has 31 heavy (non-hydrogen) atoms. The minimum atomic E-state index is -0.608. The largest absolute Gasteiger partial charge is 0.493 e. The molecule has 0 aliphatic rings. The molecule has 0 saturated heterocycles. The number of hydrogen-bond acceptors (Lipinski definition) is 7. The normalized spacial score (nSPS) is 10.6. The number of methoxy groups -OCH3 is 2. The first-order chi connectivity index (χ1) is 14.9. The third-order valence-corrected chi connectivity index (χ3v) is 4.47. The Labute approximate surface area is 188 Å². The zero-order chi connectivity index (χ0) is 22.8. The summed E-state index contributed by atoms with van der Waals surface area (Å²) >= 11 is 3.36. The van der Waals surface area contributed by atoms with Crippen molar-refractivity contribution in [3.05, 3.63) is 45.9 Å². The van der Waals surface area contributed by atoms with E-state index < -0.39 is 11.8 Å². The smallest absolute Gasteiger partial charge is 0.271 e. The van der Waals surface area contributed by atoms with E-state index in [4.69, 9.17) is 24.7 Å². The van der Waals surface area contributed by atoms with E-state index in [0.717, 1.165) is 6.42 Å². The first-order valence-corrected chi connectivity index (χ1v) is 10.1. The van der Waals surface area contributed by atoms with Crippen LogP contribution in [0.25, 0.3) is 0 Å². The topological polar surface area (TPSA) is 121 Å². The number of hydrogen-bond donors (Lipinski definition) is 2. The van der Waals surface area contributed by atoms with Crippen LogP contribution in [0.1, 0.15) is 29.3 Å². The van der Waals surface area contributed by atoms with Gasteiger partial charge in [-0.15, -0.1) is 0 Å². The molecule has 2 aromatic rings. The van der Waals surface area contributed by atoms with Crippen LogP contribution < -0.4 is 30.1 Å². The van der Waals surface area contributed by atoms with Crippen LogP contribution in [0.3, 0.4) is 0 Å². The predicted octanol–water partition coefficient (Wildman–Crippen LogP) is 2.88. The van der Waals surface area contributed by atoms with Gasteiger partial charge < -0.3 is 24.7 Å². The van der Waals surface area contributed by atoms with Crippen molar-refractivity contribution < 1.29 is 28.5 Å². The maximum atomic E-state index is 12.4. The van der Waals surface area contributed by atoms with E-state index in [1.165, 1.54) is 20.4 Å². The first kappa shape index (κ1) is 24.0. The molecule has 2 amide bonds. The number of nitrogens with zero attached hydrogens (tertiary/aromatic N) is 1. The summed E-state index contributed by atoms with van der Waals surface area (Å²) in [5.41, 5.74) is 8.55. The molecule has 0 saturated carbocycles. The fourth-order valence-corrected chi connectivity index (χ4v) is 3.04. The minimum Gasteiger partial charge on any atom is -0.493 e. The van der Waals surface area contributed by atoms with Crippen molar-refractivity contribution >= 4 is 34.0 Å². The fourth-order valence-electron chi connectivity index (χ4n) is 2.47. The summed E-state index contributed by atoms with van der Waals surface area (Å²) in [6.07, 6.45) is 2.30. The highest BCUT2D eigenvalue weighted by atomic mass is 79.9. The van der Waals surface area contributed by atoms with Gasteiger partial charge in [-0.1, -0.05) is 6.92 Å². The third kappa shape index (κ3) is 6.88. The average Bonchev–Trinajstić information content (AvgIpc) is 2.76. The number of nitrogens with one attached hydrogen (secondary N) is 1. The van der Waals surface area contributed by atoms with Crippen molar-refractivity contribution in [3.63, 3.8) is 0 Å². The zero-order valence-corrected chi connectivity index (χ0v) is 19.0. The lowest BCUT2D eigenvalue weighted by Gasteiger charge is -2.12. The molecule has 0 unspecified atom stereocenters. The van der Waals surface area contributed by atoms with Crippen molar-refractivity contribution in [2.75, 3.05) is 27.4 Å². The van der Waals surface area contributed by atoms with Gasteiger partial charge in [0.05, 0.1) is 31.5 Å². The number of carbonyl (C=O) groups excluding carboxylic acids is 2. The predicted molar refractivity (Wildman–Crippen MR) is 119 cm³/mol. The molecule has 0 aliphatic carbocycles. The maximum absolute atomic E-state index is 12.4. The van der Waals surface area contributed by atoms with E-state index in [0.29, 0.717) is 45.2 Å². The van der Waals surface area contributed by atoms with E-state index >= 15 is 0 Å². The van der Waals surface area contributed by atoms with Crippen molar-refractivity contribution in [1.82, 2.24) is 5.43 Å². The van der Waals surface area contributed by atoms with E-state index in [1.807, 2.05) is 6.92 Å². The standard InChI is InChI=1S/C21H24BrN3O6/c1-4-7-30-16-6-5-14(10-17(16)28-2)21(27)25-24-11-13-8-15(22)20(18(9-13)29-3)31-12-19(23)26/h5-6,8-11H,4,7,12H2,1-3H3,(H2,23,26)(H,25,27)/b24-11+. The van der Waals surface area contributed by atoms with Crippen LogP contribution in [0, 0.1) is 0 Å². The summed E-state index contributed by atoms with van der Waals surface area (Å²) in [7, 11) is 2.97. The molecule has 0 aliphatic heterocycles. The second kappa shape index (κ2) is 11.8. The number of hydrazone groups is 1. The summed E-state index contributed by atoms with van der Waals surface area (Å²) in [5, 5.41) is 3.98. The Morgan fingerprint density at radius 1 is 1.10 bits per heavy atom. The van der Waals surface area contributed by atoms with Gasteiger partial charge in [0.1, 0.15) is 0 Å². The SMILES string of the molecule is CCCOc1ccc(C(=O)N/N=C/c2cc(Br)c(OCC(N)=O)c(OC)c2)cc1OC. The Kier molecular flexibility index (Phi) is 9.13. The maximum Gasteiger partial charge on any atom is 0.271 e. The quantitative estimate of drug-likeness (QED) is 0.366. The molecule has 2 aromatic carbocycles. The number of primary amides is 1. The van der Waals surface area contributed by atoms with E-state index in [-0.39, 0.29) is 6.61 Å². The summed E-state index contributed by atoms with van der Waals surface area (Å²) in [4.78, 5) is 23.3. The van der Waals surface area contributed by atoms with Crippen molar-refractivity contribution in [2.24, 2.45) is 10.8 Å². The highest BCUT2D eigenvalue weighted by Gasteiger charge is 2.13. The first-order valence-electron chi connectivity index (χ1n) is 9.32. The van der Waals surface area contributed by atoms with Gasteiger partial charge >= 0.3 is 0 Å². The molecule has 166 valence electrons. The van der Waals surface area contributed by atoms with Crippen molar-refractivity contribution in [3.8, 4) is 23.0 Å². The Hall–Kier alpha value is -3.27. The van der Waals surface area contributed by atoms with Gasteiger partial charge in [-0.25, -0.2) is 5.43 Å². The van der Waals surface area contributed by atoms with Crippen LogP contribution in [0.2, 0.25) is 0 Å². The van der Waals surface area contributed by atoms with Gasteiger partial charge in [-0.2, -0.15) is 5.10 Å². The monoisotopic (exact) mass is 493 g/mol. The van der Waals surface area contributed by atoms with E-state index in [1.54, 1.807) is 30.3 Å². The summed E-state index contributed by atoms with van der Waals surface area (Å²) in [6.45, 7) is 2.27. The third-order valence-electron chi connectivity index (χ3n) is 3.88. The number of nitrogens with two attached hydrogens (primary N) is 1. The molecule has 0 fully saturated rings. The second-order valence-electron chi connectivity index (χ2n) is 6.20. The highest BCUT2D eigenvalue weighted by Crippen LogP contribution is 2.36. The van der Waals surface area contributed by atoms with Crippen LogP contribution in [0.15, 0.2) is 39.9 Å². The Bertz CT molecular complexity index is 964. The molecule has 0 spiro atoms. The molecular formula is C21H24BrN3O6. The van der Waals surface area contributed by atoms with Gasteiger partial charge in [0.15, 0.2) is 29.6 Å². The van der Waals surface area contributed by atoms with E-state index in [2.05, 4.69) is 26.5 Å². The van der Waals surface area contributed by atoms with Crippen LogP contribution >= 0.6 is 15.9 Å². The van der Waals surface area contributed by atoms with Crippen molar-refractivity contribution in [1.29, 1.82) is 0 Å². The molecular weight excluding hydrogens is 470 g/mol. The van der Waals surface area contributed by atoms with E-state index in [9.17, 15) is 9.59 Å². The molecule has 10 heteroatoms. The number of halogens is 1. The minimum absolute atomic E-state index is 0.288. The van der Waals surface area contributed by atoms with Crippen molar-refractivity contribution in [2.45, 2.75) is 13.3 Å². The number of rotatable bonds is 11. The van der Waals surface area contributed by atoms with Crippen LogP contribution in [-0.4, -0.2) is 45.5 Å². The molecule has 0 radical (unpaired) electrons. The number of carbonyl (C=O) groups is 2.